The van der Waals surface area contributed by atoms with Crippen molar-refractivity contribution < 1.29 is 19.4 Å². The molecule has 0 bridgehead atoms. The molecule has 8 nitrogen and oxygen atoms in total. The number of ether oxygens (including phenoxy) is 1. The summed E-state index contributed by atoms with van der Waals surface area (Å²) in [4.78, 5) is 30.6. The van der Waals surface area contributed by atoms with E-state index in [4.69, 9.17) is 4.74 Å². The summed E-state index contributed by atoms with van der Waals surface area (Å²) >= 11 is 0. The smallest absolute Gasteiger partial charge is 0.318 e. The first kappa shape index (κ1) is 14.1. The third kappa shape index (κ3) is 3.18. The molecule has 2 aromatic carbocycles. The number of hydrogen-bond acceptors (Lipinski definition) is 6. The molecule has 106 valence electrons. The van der Waals surface area contributed by atoms with Gasteiger partial charge in [0, 0.05) is 11.6 Å². The van der Waals surface area contributed by atoms with Gasteiger partial charge in [0.2, 0.25) is 5.75 Å². The van der Waals surface area contributed by atoms with Crippen molar-refractivity contribution in [3.63, 3.8) is 0 Å². The number of benzene rings is 2. The summed E-state index contributed by atoms with van der Waals surface area (Å²) in [5, 5.41) is 21.6. The normalized spacial score (nSPS) is 9.90. The number of non-ortho nitro benzene ring substituents is 1. The molecule has 0 amide bonds. The van der Waals surface area contributed by atoms with Crippen molar-refractivity contribution in [2.75, 3.05) is 0 Å². The average Bonchev–Trinajstić information content (AvgIpc) is 2.48. The maximum absolute atomic E-state index is 10.9. The minimum Gasteiger partial charge on any atom is -0.450 e. The molecule has 0 radical (unpaired) electrons. The van der Waals surface area contributed by atoms with Crippen LogP contribution in [0.1, 0.15) is 10.4 Å². The van der Waals surface area contributed by atoms with Crippen LogP contribution >= 0.6 is 0 Å². The van der Waals surface area contributed by atoms with Crippen molar-refractivity contribution in [2.45, 2.75) is 0 Å². The fraction of sp³-hybridized carbons (Fsp3) is 0. The molecular formula is C13H8N2O6. The zero-order valence-electron chi connectivity index (χ0n) is 10.5. The molecule has 2 rings (SSSR count). The van der Waals surface area contributed by atoms with Crippen molar-refractivity contribution in [3.05, 3.63) is 68.3 Å². The Bertz CT molecular complexity index is 711. The zero-order valence-corrected chi connectivity index (χ0v) is 10.5. The summed E-state index contributed by atoms with van der Waals surface area (Å²) in [6, 6.07) is 9.00. The number of aldehydes is 1. The highest BCUT2D eigenvalue weighted by molar-refractivity contribution is 5.74. The third-order valence-electron chi connectivity index (χ3n) is 2.59. The summed E-state index contributed by atoms with van der Waals surface area (Å²) in [5.74, 6) is 0.155. The van der Waals surface area contributed by atoms with Crippen LogP contribution in [0.4, 0.5) is 11.4 Å². The SMILES string of the molecule is O=Cc1ccc(Oc2ccc([N+](=O)[O-])cc2[N+](=O)[O-])cc1. The number of carbonyl (C=O) groups excluding carboxylic acids is 1. The molecule has 0 aliphatic carbocycles. The standard InChI is InChI=1S/C13H8N2O6/c16-8-9-1-4-11(5-2-9)21-13-6-3-10(14(17)18)7-12(13)15(19)20/h1-8H. The molecule has 21 heavy (non-hydrogen) atoms. The second-order valence-electron chi connectivity index (χ2n) is 3.96. The lowest BCUT2D eigenvalue weighted by molar-refractivity contribution is -0.394. The predicted molar refractivity (Wildman–Crippen MR) is 71.7 cm³/mol. The van der Waals surface area contributed by atoms with Gasteiger partial charge in [0.1, 0.15) is 12.0 Å². The summed E-state index contributed by atoms with van der Waals surface area (Å²) in [6.07, 6.45) is 0.651. The molecule has 2 aromatic rings. The molecule has 0 spiro atoms. The van der Waals surface area contributed by atoms with Gasteiger partial charge < -0.3 is 4.74 Å². The molecule has 0 unspecified atom stereocenters. The number of hydrogen-bond donors (Lipinski definition) is 0. The minimum atomic E-state index is -0.762. The maximum Gasteiger partial charge on any atom is 0.318 e. The molecule has 0 saturated heterocycles. The molecule has 0 heterocycles. The van der Waals surface area contributed by atoms with Gasteiger partial charge in [-0.1, -0.05) is 0 Å². The van der Waals surface area contributed by atoms with E-state index in [0.717, 1.165) is 18.2 Å². The molecule has 0 aliphatic rings. The molecule has 0 fully saturated rings. The van der Waals surface area contributed by atoms with Crippen LogP contribution in [0.5, 0.6) is 11.5 Å². The van der Waals surface area contributed by atoms with E-state index in [9.17, 15) is 25.0 Å². The van der Waals surface area contributed by atoms with E-state index in [2.05, 4.69) is 0 Å². The van der Waals surface area contributed by atoms with Crippen molar-refractivity contribution in [2.24, 2.45) is 0 Å². The zero-order chi connectivity index (χ0) is 15.4. The van der Waals surface area contributed by atoms with Crippen molar-refractivity contribution >= 4 is 17.7 Å². The highest BCUT2D eigenvalue weighted by Gasteiger charge is 2.21. The highest BCUT2D eigenvalue weighted by Crippen LogP contribution is 2.34. The monoisotopic (exact) mass is 288 g/mol. The van der Waals surface area contributed by atoms with Crippen molar-refractivity contribution in [3.8, 4) is 11.5 Å². The number of nitro benzene ring substituents is 2. The third-order valence-corrected chi connectivity index (χ3v) is 2.59. The lowest BCUT2D eigenvalue weighted by atomic mass is 10.2. The summed E-state index contributed by atoms with van der Waals surface area (Å²) in [7, 11) is 0. The Balaban J connectivity index is 2.36. The molecular weight excluding hydrogens is 280 g/mol. The Kier molecular flexibility index (Phi) is 3.89. The highest BCUT2D eigenvalue weighted by atomic mass is 16.6. The second kappa shape index (κ2) is 5.78. The molecule has 0 atom stereocenters. The van der Waals surface area contributed by atoms with E-state index in [-0.39, 0.29) is 11.5 Å². The quantitative estimate of drug-likeness (QED) is 0.474. The van der Waals surface area contributed by atoms with Crippen LogP contribution in [-0.4, -0.2) is 16.1 Å². The fourth-order valence-corrected chi connectivity index (χ4v) is 1.59. The van der Waals surface area contributed by atoms with E-state index in [1.165, 1.54) is 24.3 Å². The van der Waals surface area contributed by atoms with Gasteiger partial charge in [-0.15, -0.1) is 0 Å². The average molecular weight is 288 g/mol. The van der Waals surface area contributed by atoms with Crippen LogP contribution in [0.15, 0.2) is 42.5 Å². The van der Waals surface area contributed by atoms with Gasteiger partial charge in [-0.25, -0.2) is 0 Å². The number of nitrogens with zero attached hydrogens (tertiary/aromatic N) is 2. The lowest BCUT2D eigenvalue weighted by Crippen LogP contribution is -1.96. The maximum atomic E-state index is 10.9. The van der Waals surface area contributed by atoms with E-state index < -0.39 is 21.2 Å². The van der Waals surface area contributed by atoms with E-state index in [0.29, 0.717) is 11.8 Å². The van der Waals surface area contributed by atoms with Gasteiger partial charge >= 0.3 is 5.69 Å². The van der Waals surface area contributed by atoms with Gasteiger partial charge in [-0.05, 0) is 30.3 Å². The number of rotatable bonds is 5. The van der Waals surface area contributed by atoms with Gasteiger partial charge in [0.05, 0.1) is 15.9 Å². The summed E-state index contributed by atoms with van der Waals surface area (Å²) in [6.45, 7) is 0. The minimum absolute atomic E-state index is 0.121. The van der Waals surface area contributed by atoms with Crippen molar-refractivity contribution in [1.82, 2.24) is 0 Å². The molecule has 0 saturated carbocycles. The summed E-state index contributed by atoms with van der Waals surface area (Å²) < 4.78 is 5.32. The summed E-state index contributed by atoms with van der Waals surface area (Å²) in [5.41, 5.74) is -0.477. The van der Waals surface area contributed by atoms with E-state index in [1.54, 1.807) is 0 Å². The topological polar surface area (TPSA) is 113 Å². The van der Waals surface area contributed by atoms with Crippen LogP contribution in [0.3, 0.4) is 0 Å². The van der Waals surface area contributed by atoms with Crippen LogP contribution in [0.25, 0.3) is 0 Å². The van der Waals surface area contributed by atoms with Gasteiger partial charge in [0.25, 0.3) is 5.69 Å². The van der Waals surface area contributed by atoms with Crippen LogP contribution < -0.4 is 4.74 Å². The molecule has 0 aliphatic heterocycles. The Labute approximate surface area is 117 Å². The number of nitro groups is 2. The van der Waals surface area contributed by atoms with E-state index >= 15 is 0 Å². The first-order chi connectivity index (χ1) is 10.0. The Hall–Kier alpha value is -3.29. The first-order valence-corrected chi connectivity index (χ1v) is 5.67. The van der Waals surface area contributed by atoms with Crippen molar-refractivity contribution in [1.29, 1.82) is 0 Å². The lowest BCUT2D eigenvalue weighted by Gasteiger charge is -2.06. The first-order valence-electron chi connectivity index (χ1n) is 5.67. The molecule has 0 aromatic heterocycles. The van der Waals surface area contributed by atoms with Crippen LogP contribution in [0.2, 0.25) is 0 Å². The van der Waals surface area contributed by atoms with Gasteiger partial charge in [0.15, 0.2) is 0 Å². The Morgan fingerprint density at radius 3 is 2.14 bits per heavy atom. The van der Waals surface area contributed by atoms with E-state index in [1.807, 2.05) is 0 Å². The largest absolute Gasteiger partial charge is 0.450 e. The Morgan fingerprint density at radius 1 is 0.952 bits per heavy atom. The molecule has 8 heteroatoms. The fourth-order valence-electron chi connectivity index (χ4n) is 1.59. The van der Waals surface area contributed by atoms with Crippen LogP contribution in [0, 0.1) is 20.2 Å². The van der Waals surface area contributed by atoms with Gasteiger partial charge in [-0.2, -0.15) is 0 Å². The molecule has 0 N–H and O–H groups in total. The Morgan fingerprint density at radius 2 is 1.62 bits per heavy atom. The predicted octanol–water partition coefficient (Wildman–Crippen LogP) is 3.11. The van der Waals surface area contributed by atoms with Gasteiger partial charge in [-0.3, -0.25) is 25.0 Å². The second-order valence-corrected chi connectivity index (χ2v) is 3.96. The van der Waals surface area contributed by atoms with Crippen LogP contribution in [-0.2, 0) is 0 Å². The number of carbonyl (C=O) groups is 1.